The van der Waals surface area contributed by atoms with Crippen LogP contribution in [-0.4, -0.2) is 28.5 Å². The van der Waals surface area contributed by atoms with E-state index < -0.39 is 0 Å². The van der Waals surface area contributed by atoms with Gasteiger partial charge in [0.2, 0.25) is 12.3 Å². The van der Waals surface area contributed by atoms with Crippen molar-refractivity contribution in [2.24, 2.45) is 5.92 Å². The van der Waals surface area contributed by atoms with Crippen LogP contribution >= 0.6 is 0 Å². The molecule has 2 aromatic rings. The first-order chi connectivity index (χ1) is 12.6. The number of carbonyl (C=O) groups is 1. The van der Waals surface area contributed by atoms with Crippen LogP contribution in [0.3, 0.4) is 0 Å². The topological polar surface area (TPSA) is 77.0 Å². The average Bonchev–Trinajstić information content (AvgIpc) is 3.16. The van der Waals surface area contributed by atoms with Gasteiger partial charge in [-0.05, 0) is 56.4 Å². The van der Waals surface area contributed by atoms with Gasteiger partial charge in [0.1, 0.15) is 11.6 Å². The number of nitrogens with zero attached hydrogens (tertiary/aromatic N) is 3. The van der Waals surface area contributed by atoms with Crippen LogP contribution < -0.4 is 10.1 Å². The summed E-state index contributed by atoms with van der Waals surface area (Å²) < 4.78 is 5.50. The van der Waals surface area contributed by atoms with Gasteiger partial charge in [-0.15, -0.1) is 0 Å². The van der Waals surface area contributed by atoms with Gasteiger partial charge >= 0.3 is 0 Å². The van der Waals surface area contributed by atoms with Crippen molar-refractivity contribution in [3.05, 3.63) is 41.0 Å². The Hall–Kier alpha value is -2.76. The van der Waals surface area contributed by atoms with Crippen molar-refractivity contribution < 1.29 is 9.53 Å². The van der Waals surface area contributed by atoms with Gasteiger partial charge in [-0.25, -0.2) is 15.0 Å². The highest BCUT2D eigenvalue weighted by atomic mass is 16.5. The third kappa shape index (κ3) is 3.74. The van der Waals surface area contributed by atoms with Crippen molar-refractivity contribution in [3.8, 4) is 5.88 Å². The van der Waals surface area contributed by atoms with Crippen molar-refractivity contribution >= 4 is 23.9 Å². The number of carbonyl (C=O) groups excluding carboxylic acids is 1. The van der Waals surface area contributed by atoms with E-state index in [1.54, 1.807) is 13.3 Å². The minimum atomic E-state index is 0.429. The number of amides is 1. The lowest BCUT2D eigenvalue weighted by Gasteiger charge is -2.18. The lowest BCUT2D eigenvalue weighted by atomic mass is 9.89. The summed E-state index contributed by atoms with van der Waals surface area (Å²) in [6, 6.07) is 3.96. The first kappa shape index (κ1) is 18.0. The number of anilines is 1. The summed E-state index contributed by atoms with van der Waals surface area (Å²) in [5, 5.41) is 2.71. The zero-order valence-electron chi connectivity index (χ0n) is 15.5. The number of pyridine rings is 1. The van der Waals surface area contributed by atoms with Gasteiger partial charge in [0.15, 0.2) is 0 Å². The highest BCUT2D eigenvalue weighted by molar-refractivity contribution is 5.89. The van der Waals surface area contributed by atoms with Gasteiger partial charge in [-0.2, -0.15) is 0 Å². The van der Waals surface area contributed by atoms with Crippen LogP contribution in [0.2, 0.25) is 0 Å². The SMILES string of the molecule is COc1ncccc1/C(=C/c1c(C)nc(C)nc1NC=O)C1CCCC1. The van der Waals surface area contributed by atoms with Crippen molar-refractivity contribution in [2.75, 3.05) is 12.4 Å². The highest BCUT2D eigenvalue weighted by Gasteiger charge is 2.24. The predicted molar refractivity (Wildman–Crippen MR) is 102 cm³/mol. The largest absolute Gasteiger partial charge is 0.481 e. The first-order valence-corrected chi connectivity index (χ1v) is 8.90. The van der Waals surface area contributed by atoms with E-state index in [2.05, 4.69) is 26.3 Å². The van der Waals surface area contributed by atoms with E-state index in [4.69, 9.17) is 4.74 Å². The quantitative estimate of drug-likeness (QED) is 0.800. The van der Waals surface area contributed by atoms with E-state index in [1.165, 1.54) is 12.8 Å². The van der Waals surface area contributed by atoms with E-state index in [-0.39, 0.29) is 0 Å². The number of hydrogen-bond acceptors (Lipinski definition) is 5. The molecular weight excluding hydrogens is 328 g/mol. The van der Waals surface area contributed by atoms with E-state index in [0.717, 1.165) is 35.2 Å². The fourth-order valence-corrected chi connectivity index (χ4v) is 3.64. The number of aryl methyl sites for hydroxylation is 2. The Kier molecular flexibility index (Phi) is 5.61. The normalized spacial score (nSPS) is 15.1. The molecule has 3 rings (SSSR count). The fraction of sp³-hybridized carbons (Fsp3) is 0.400. The number of allylic oxidation sites excluding steroid dienone is 1. The molecule has 2 aromatic heterocycles. The summed E-state index contributed by atoms with van der Waals surface area (Å²) in [7, 11) is 1.64. The molecule has 0 bridgehead atoms. The van der Waals surface area contributed by atoms with Crippen LogP contribution in [0.15, 0.2) is 18.3 Å². The van der Waals surface area contributed by atoms with Crippen molar-refractivity contribution in [2.45, 2.75) is 39.5 Å². The zero-order valence-corrected chi connectivity index (χ0v) is 15.5. The van der Waals surface area contributed by atoms with Gasteiger partial charge < -0.3 is 10.1 Å². The summed E-state index contributed by atoms with van der Waals surface area (Å²) >= 11 is 0. The van der Waals surface area contributed by atoms with Crippen LogP contribution in [0.5, 0.6) is 5.88 Å². The molecule has 0 aliphatic heterocycles. The second kappa shape index (κ2) is 8.08. The van der Waals surface area contributed by atoms with Gasteiger partial charge in [0, 0.05) is 17.3 Å². The molecule has 1 aliphatic rings. The van der Waals surface area contributed by atoms with E-state index in [1.807, 2.05) is 26.0 Å². The molecule has 1 amide bonds. The molecule has 1 N–H and O–H groups in total. The molecule has 26 heavy (non-hydrogen) atoms. The molecule has 0 atom stereocenters. The van der Waals surface area contributed by atoms with Crippen LogP contribution in [0, 0.1) is 19.8 Å². The Morgan fingerprint density at radius 1 is 1.27 bits per heavy atom. The van der Waals surface area contributed by atoms with Crippen LogP contribution in [0.25, 0.3) is 11.6 Å². The highest BCUT2D eigenvalue weighted by Crippen LogP contribution is 2.41. The van der Waals surface area contributed by atoms with Gasteiger partial charge in [0.25, 0.3) is 0 Å². The zero-order chi connectivity index (χ0) is 18.5. The maximum Gasteiger partial charge on any atom is 0.220 e. The molecule has 0 aromatic carbocycles. The number of ether oxygens (including phenoxy) is 1. The first-order valence-electron chi connectivity index (χ1n) is 8.90. The van der Waals surface area contributed by atoms with Gasteiger partial charge in [-0.3, -0.25) is 4.79 Å². The van der Waals surface area contributed by atoms with E-state index in [9.17, 15) is 4.79 Å². The Bertz CT molecular complexity index is 827. The molecule has 1 saturated carbocycles. The Labute approximate surface area is 153 Å². The smallest absolute Gasteiger partial charge is 0.220 e. The molecule has 0 spiro atoms. The molecule has 1 fully saturated rings. The molecule has 6 heteroatoms. The number of hydrogen-bond donors (Lipinski definition) is 1. The van der Waals surface area contributed by atoms with E-state index >= 15 is 0 Å². The summed E-state index contributed by atoms with van der Waals surface area (Å²) in [5.74, 6) is 2.20. The number of aromatic nitrogens is 3. The van der Waals surface area contributed by atoms with Gasteiger partial charge in [-0.1, -0.05) is 12.8 Å². The molecule has 0 saturated heterocycles. The summed E-state index contributed by atoms with van der Waals surface area (Å²) in [6.45, 7) is 3.75. The maximum absolute atomic E-state index is 11.0. The van der Waals surface area contributed by atoms with Crippen molar-refractivity contribution in [1.29, 1.82) is 0 Å². The molecule has 2 heterocycles. The number of rotatable bonds is 6. The lowest BCUT2D eigenvalue weighted by Crippen LogP contribution is -2.07. The maximum atomic E-state index is 11.0. The van der Waals surface area contributed by atoms with E-state index in [0.29, 0.717) is 29.9 Å². The fourth-order valence-electron chi connectivity index (χ4n) is 3.64. The van der Waals surface area contributed by atoms with Crippen molar-refractivity contribution in [3.63, 3.8) is 0 Å². The third-order valence-corrected chi connectivity index (χ3v) is 4.81. The molecule has 6 nitrogen and oxygen atoms in total. The van der Waals surface area contributed by atoms with Crippen molar-refractivity contribution in [1.82, 2.24) is 15.0 Å². The van der Waals surface area contributed by atoms with Crippen LogP contribution in [0.1, 0.15) is 48.3 Å². The number of nitrogens with one attached hydrogen (secondary N) is 1. The predicted octanol–water partition coefficient (Wildman–Crippen LogP) is 3.80. The number of methoxy groups -OCH3 is 1. The van der Waals surface area contributed by atoms with Crippen LogP contribution in [0.4, 0.5) is 5.82 Å². The van der Waals surface area contributed by atoms with Crippen LogP contribution in [-0.2, 0) is 4.79 Å². The minimum Gasteiger partial charge on any atom is -0.481 e. The Morgan fingerprint density at radius 3 is 2.73 bits per heavy atom. The standard InChI is InChI=1S/C20H24N4O2/c1-13-17(19(22-12-25)24-14(2)23-13)11-18(15-7-4-5-8-15)16-9-6-10-21-20(16)26-3/h6,9-12,15H,4-5,7-8H2,1-3H3,(H,22,23,24,25)/b18-11+. The summed E-state index contributed by atoms with van der Waals surface area (Å²) in [4.78, 5) is 24.3. The average molecular weight is 352 g/mol. The molecule has 0 unspecified atom stereocenters. The van der Waals surface area contributed by atoms with Gasteiger partial charge in [0.05, 0.1) is 12.8 Å². The lowest BCUT2D eigenvalue weighted by molar-refractivity contribution is -0.105. The molecule has 1 aliphatic carbocycles. The monoisotopic (exact) mass is 352 g/mol. The molecule has 136 valence electrons. The second-order valence-electron chi connectivity index (χ2n) is 6.52. The molecule has 0 radical (unpaired) electrons. The Balaban J connectivity index is 2.18. The minimum absolute atomic E-state index is 0.429. The summed E-state index contributed by atoms with van der Waals surface area (Å²) in [5.41, 5.74) is 3.81. The molecular formula is C20H24N4O2. The Morgan fingerprint density at radius 2 is 2.04 bits per heavy atom. The third-order valence-electron chi connectivity index (χ3n) is 4.81. The summed E-state index contributed by atoms with van der Waals surface area (Å²) in [6.07, 6.45) is 9.17. The second-order valence-corrected chi connectivity index (χ2v) is 6.52.